The highest BCUT2D eigenvalue weighted by atomic mass is 32.1. The summed E-state index contributed by atoms with van der Waals surface area (Å²) in [4.78, 5) is 5.72. The zero-order valence-electron chi connectivity index (χ0n) is 13.7. The van der Waals surface area contributed by atoms with E-state index in [1.165, 1.54) is 34.7 Å². The monoisotopic (exact) mass is 294 g/mol. The van der Waals surface area contributed by atoms with E-state index in [4.69, 9.17) is 0 Å². The lowest BCUT2D eigenvalue weighted by molar-refractivity contribution is 0.0895. The second-order valence-electron chi connectivity index (χ2n) is 6.59. The zero-order chi connectivity index (χ0) is 14.7. The van der Waals surface area contributed by atoms with Crippen molar-refractivity contribution in [1.29, 1.82) is 0 Å². The Morgan fingerprint density at radius 3 is 2.70 bits per heavy atom. The Labute approximate surface area is 128 Å². The molecule has 0 saturated carbocycles. The van der Waals surface area contributed by atoms with Crippen molar-refractivity contribution >= 4 is 11.3 Å². The number of rotatable bonds is 5. The summed E-state index contributed by atoms with van der Waals surface area (Å²) in [5.74, 6) is 0.715. The standard InChI is InChI=1S/C17H30N2S/c1-6-7-15-10-19(17(9-18-15)12(2)3)11-16-8-13(4)14(5)20-16/h8,12,15,17-18H,6-7,9-11H2,1-5H3. The Hall–Kier alpha value is -0.380. The number of nitrogens with zero attached hydrogens (tertiary/aromatic N) is 1. The minimum atomic E-state index is 0.672. The topological polar surface area (TPSA) is 15.3 Å². The van der Waals surface area contributed by atoms with Crippen molar-refractivity contribution in [3.63, 3.8) is 0 Å². The lowest BCUT2D eigenvalue weighted by Gasteiger charge is -2.42. The fourth-order valence-corrected chi connectivity index (χ4v) is 4.29. The molecule has 2 heterocycles. The third-order valence-electron chi connectivity index (χ3n) is 4.52. The van der Waals surface area contributed by atoms with Crippen LogP contribution in [-0.2, 0) is 6.54 Å². The molecule has 0 bridgehead atoms. The summed E-state index contributed by atoms with van der Waals surface area (Å²) in [5.41, 5.74) is 1.45. The number of aryl methyl sites for hydroxylation is 2. The number of piperazine rings is 1. The molecule has 1 N–H and O–H groups in total. The van der Waals surface area contributed by atoms with Gasteiger partial charge in [0, 0.05) is 41.5 Å². The molecule has 1 aliphatic rings. The van der Waals surface area contributed by atoms with Crippen molar-refractivity contribution in [1.82, 2.24) is 10.2 Å². The fraction of sp³-hybridized carbons (Fsp3) is 0.765. The highest BCUT2D eigenvalue weighted by Gasteiger charge is 2.29. The predicted octanol–water partition coefficient (Wildman–Crippen LogP) is 3.96. The van der Waals surface area contributed by atoms with E-state index >= 15 is 0 Å². The number of thiophene rings is 1. The second kappa shape index (κ2) is 7.06. The lowest BCUT2D eigenvalue weighted by atomic mass is 9.97. The maximum Gasteiger partial charge on any atom is 0.0332 e. The summed E-state index contributed by atoms with van der Waals surface area (Å²) < 4.78 is 0. The van der Waals surface area contributed by atoms with Gasteiger partial charge in [-0.1, -0.05) is 27.2 Å². The van der Waals surface area contributed by atoms with Crippen LogP contribution >= 0.6 is 11.3 Å². The van der Waals surface area contributed by atoms with Crippen molar-refractivity contribution in [2.75, 3.05) is 13.1 Å². The first-order valence-electron chi connectivity index (χ1n) is 8.04. The minimum absolute atomic E-state index is 0.672. The molecule has 2 rings (SSSR count). The van der Waals surface area contributed by atoms with Gasteiger partial charge in [0.05, 0.1) is 0 Å². The molecule has 2 nitrogen and oxygen atoms in total. The minimum Gasteiger partial charge on any atom is -0.311 e. The zero-order valence-corrected chi connectivity index (χ0v) is 14.5. The summed E-state index contributed by atoms with van der Waals surface area (Å²) in [6.07, 6.45) is 2.57. The molecular weight excluding hydrogens is 264 g/mol. The average Bonchev–Trinajstić information content (AvgIpc) is 2.68. The fourth-order valence-electron chi connectivity index (χ4n) is 3.21. The maximum atomic E-state index is 3.75. The molecule has 1 saturated heterocycles. The molecule has 2 atom stereocenters. The van der Waals surface area contributed by atoms with E-state index in [0.29, 0.717) is 18.0 Å². The van der Waals surface area contributed by atoms with Gasteiger partial charge >= 0.3 is 0 Å². The van der Waals surface area contributed by atoms with E-state index in [0.717, 1.165) is 13.1 Å². The molecule has 3 heteroatoms. The van der Waals surface area contributed by atoms with E-state index in [1.807, 2.05) is 11.3 Å². The highest BCUT2D eigenvalue weighted by Crippen LogP contribution is 2.25. The molecule has 1 aromatic rings. The Morgan fingerprint density at radius 2 is 2.15 bits per heavy atom. The molecule has 1 aromatic heterocycles. The largest absolute Gasteiger partial charge is 0.311 e. The van der Waals surface area contributed by atoms with Crippen LogP contribution in [0.25, 0.3) is 0 Å². The van der Waals surface area contributed by atoms with Gasteiger partial charge in [-0.15, -0.1) is 11.3 Å². The van der Waals surface area contributed by atoms with E-state index in [-0.39, 0.29) is 0 Å². The van der Waals surface area contributed by atoms with Crippen molar-refractivity contribution in [2.24, 2.45) is 5.92 Å². The van der Waals surface area contributed by atoms with Crippen LogP contribution in [0.4, 0.5) is 0 Å². The van der Waals surface area contributed by atoms with Gasteiger partial charge in [-0.05, 0) is 37.8 Å². The van der Waals surface area contributed by atoms with Crippen LogP contribution in [0.5, 0.6) is 0 Å². The van der Waals surface area contributed by atoms with Gasteiger partial charge in [-0.2, -0.15) is 0 Å². The van der Waals surface area contributed by atoms with Crippen LogP contribution in [0.3, 0.4) is 0 Å². The summed E-state index contributed by atoms with van der Waals surface area (Å²) in [6, 6.07) is 3.73. The molecule has 0 spiro atoms. The number of hydrogen-bond donors (Lipinski definition) is 1. The van der Waals surface area contributed by atoms with Gasteiger partial charge in [-0.3, -0.25) is 4.90 Å². The van der Waals surface area contributed by atoms with Gasteiger partial charge in [0.25, 0.3) is 0 Å². The Kier molecular flexibility index (Phi) is 5.65. The third kappa shape index (κ3) is 3.84. The number of nitrogens with one attached hydrogen (secondary N) is 1. The van der Waals surface area contributed by atoms with Crippen LogP contribution in [-0.4, -0.2) is 30.1 Å². The quantitative estimate of drug-likeness (QED) is 0.884. The molecule has 20 heavy (non-hydrogen) atoms. The SMILES string of the molecule is CCCC1CN(Cc2cc(C)c(C)s2)C(C(C)C)CN1. The van der Waals surface area contributed by atoms with Gasteiger partial charge in [0.1, 0.15) is 0 Å². The second-order valence-corrected chi connectivity index (χ2v) is 7.93. The van der Waals surface area contributed by atoms with Gasteiger partial charge in [0.15, 0.2) is 0 Å². The number of hydrogen-bond acceptors (Lipinski definition) is 3. The molecular formula is C17H30N2S. The summed E-state index contributed by atoms with van der Waals surface area (Å²) in [6.45, 7) is 14.9. The maximum absolute atomic E-state index is 3.75. The van der Waals surface area contributed by atoms with Crippen LogP contribution in [0.15, 0.2) is 6.07 Å². The molecule has 1 fully saturated rings. The van der Waals surface area contributed by atoms with Crippen molar-refractivity contribution < 1.29 is 0 Å². The molecule has 0 aromatic carbocycles. The van der Waals surface area contributed by atoms with Gasteiger partial charge < -0.3 is 5.32 Å². The normalized spacial score (nSPS) is 24.5. The Morgan fingerprint density at radius 1 is 1.40 bits per heavy atom. The molecule has 1 aliphatic heterocycles. The van der Waals surface area contributed by atoms with E-state index in [2.05, 4.69) is 50.9 Å². The third-order valence-corrected chi connectivity index (χ3v) is 5.66. The molecule has 0 radical (unpaired) electrons. The molecule has 0 amide bonds. The van der Waals surface area contributed by atoms with Crippen molar-refractivity contribution in [3.05, 3.63) is 21.4 Å². The van der Waals surface area contributed by atoms with E-state index < -0.39 is 0 Å². The van der Waals surface area contributed by atoms with Gasteiger partial charge in [-0.25, -0.2) is 0 Å². The van der Waals surface area contributed by atoms with Gasteiger partial charge in [0.2, 0.25) is 0 Å². The predicted molar refractivity (Wildman–Crippen MR) is 89.5 cm³/mol. The molecule has 114 valence electrons. The summed E-state index contributed by atoms with van der Waals surface area (Å²) in [7, 11) is 0. The van der Waals surface area contributed by atoms with Crippen molar-refractivity contribution in [3.8, 4) is 0 Å². The highest BCUT2D eigenvalue weighted by molar-refractivity contribution is 7.12. The van der Waals surface area contributed by atoms with Crippen LogP contribution < -0.4 is 5.32 Å². The summed E-state index contributed by atoms with van der Waals surface area (Å²) >= 11 is 1.97. The summed E-state index contributed by atoms with van der Waals surface area (Å²) in [5, 5.41) is 3.75. The van der Waals surface area contributed by atoms with E-state index in [1.54, 1.807) is 0 Å². The first-order valence-corrected chi connectivity index (χ1v) is 8.86. The van der Waals surface area contributed by atoms with Crippen molar-refractivity contribution in [2.45, 2.75) is 66.1 Å². The van der Waals surface area contributed by atoms with Crippen LogP contribution in [0.2, 0.25) is 0 Å². The lowest BCUT2D eigenvalue weighted by Crippen LogP contribution is -2.57. The Balaban J connectivity index is 2.06. The first-order chi connectivity index (χ1) is 9.51. The smallest absolute Gasteiger partial charge is 0.0332 e. The van der Waals surface area contributed by atoms with E-state index in [9.17, 15) is 0 Å². The van der Waals surface area contributed by atoms with Crippen LogP contribution in [0, 0.1) is 19.8 Å². The van der Waals surface area contributed by atoms with Crippen LogP contribution in [0.1, 0.15) is 48.9 Å². The Bertz CT molecular complexity index is 405. The molecule has 2 unspecified atom stereocenters. The molecule has 0 aliphatic carbocycles. The first kappa shape index (κ1) is 16.0. The average molecular weight is 295 g/mol.